The van der Waals surface area contributed by atoms with Crippen LogP contribution in [0.4, 0.5) is 5.69 Å². The van der Waals surface area contributed by atoms with Crippen LogP contribution < -0.4 is 5.73 Å². The van der Waals surface area contributed by atoms with E-state index in [0.29, 0.717) is 11.1 Å². The number of aromatic carboxylic acids is 1. The fourth-order valence-electron chi connectivity index (χ4n) is 2.22. The van der Waals surface area contributed by atoms with E-state index in [2.05, 4.69) is 0 Å². The molecule has 0 saturated heterocycles. The van der Waals surface area contributed by atoms with Gasteiger partial charge in [-0.25, -0.2) is 9.59 Å². The van der Waals surface area contributed by atoms with Gasteiger partial charge in [-0.05, 0) is 38.5 Å². The van der Waals surface area contributed by atoms with Gasteiger partial charge in [0.05, 0.1) is 16.8 Å². The van der Waals surface area contributed by atoms with E-state index in [1.807, 2.05) is 0 Å². The predicted molar refractivity (Wildman–Crippen MR) is 88.4 cm³/mol. The summed E-state index contributed by atoms with van der Waals surface area (Å²) in [5.74, 6) is -1.59. The summed E-state index contributed by atoms with van der Waals surface area (Å²) in [4.78, 5) is 23.6. The Labute approximate surface area is 134 Å². The molecule has 2 aromatic rings. The number of hydrogen-bond acceptors (Lipinski definition) is 4. The number of ether oxygens (including phenoxy) is 1. The summed E-state index contributed by atoms with van der Waals surface area (Å²) in [6, 6.07) is 11.4. The summed E-state index contributed by atoms with van der Waals surface area (Å²) >= 11 is 0. The number of carbonyl (C=O) groups is 2. The van der Waals surface area contributed by atoms with Crippen LogP contribution in [0.15, 0.2) is 42.5 Å². The van der Waals surface area contributed by atoms with E-state index in [-0.39, 0.29) is 16.8 Å². The fourth-order valence-corrected chi connectivity index (χ4v) is 2.22. The number of carboxylic acids is 1. The SMILES string of the molecule is CC(C)(C)OC(=O)c1cccc(-c2ccccc2C(=O)O)c1N. The normalized spacial score (nSPS) is 11.1. The number of carboxylic acid groups (broad SMARTS) is 1. The minimum Gasteiger partial charge on any atom is -0.478 e. The van der Waals surface area contributed by atoms with E-state index in [4.69, 9.17) is 10.5 Å². The smallest absolute Gasteiger partial charge is 0.340 e. The van der Waals surface area contributed by atoms with Gasteiger partial charge in [0.2, 0.25) is 0 Å². The topological polar surface area (TPSA) is 89.6 Å². The van der Waals surface area contributed by atoms with E-state index in [1.54, 1.807) is 57.2 Å². The molecule has 23 heavy (non-hydrogen) atoms. The minimum atomic E-state index is -1.05. The van der Waals surface area contributed by atoms with Gasteiger partial charge in [-0.3, -0.25) is 0 Å². The second-order valence-electron chi connectivity index (χ2n) is 6.12. The first-order valence-electron chi connectivity index (χ1n) is 7.15. The van der Waals surface area contributed by atoms with Crippen LogP contribution in [0.2, 0.25) is 0 Å². The van der Waals surface area contributed by atoms with Crippen LogP contribution in [0.25, 0.3) is 11.1 Å². The van der Waals surface area contributed by atoms with Crippen molar-refractivity contribution in [3.8, 4) is 11.1 Å². The Morgan fingerprint density at radius 3 is 2.13 bits per heavy atom. The maximum Gasteiger partial charge on any atom is 0.340 e. The van der Waals surface area contributed by atoms with Crippen LogP contribution in [-0.4, -0.2) is 22.6 Å². The summed E-state index contributed by atoms with van der Waals surface area (Å²) < 4.78 is 5.34. The van der Waals surface area contributed by atoms with Gasteiger partial charge < -0.3 is 15.6 Å². The molecule has 0 unspecified atom stereocenters. The Morgan fingerprint density at radius 2 is 1.52 bits per heavy atom. The Hall–Kier alpha value is -2.82. The van der Waals surface area contributed by atoms with Gasteiger partial charge in [0.1, 0.15) is 5.60 Å². The molecule has 0 bridgehead atoms. The number of para-hydroxylation sites is 1. The van der Waals surface area contributed by atoms with Gasteiger partial charge in [-0.2, -0.15) is 0 Å². The molecule has 0 radical (unpaired) electrons. The zero-order valence-electron chi connectivity index (χ0n) is 13.3. The van der Waals surface area contributed by atoms with Crippen molar-refractivity contribution < 1.29 is 19.4 Å². The lowest BCUT2D eigenvalue weighted by Crippen LogP contribution is -2.24. The largest absolute Gasteiger partial charge is 0.478 e. The van der Waals surface area contributed by atoms with E-state index in [1.165, 1.54) is 6.07 Å². The van der Waals surface area contributed by atoms with Crippen molar-refractivity contribution in [1.82, 2.24) is 0 Å². The summed E-state index contributed by atoms with van der Waals surface area (Å²) in [6.45, 7) is 5.31. The standard InChI is InChI=1S/C18H19NO4/c1-18(2,3)23-17(22)14-10-6-9-12(15(14)19)11-7-4-5-8-13(11)16(20)21/h4-10H,19H2,1-3H3,(H,20,21). The predicted octanol–water partition coefficient (Wildman–Crippen LogP) is 3.59. The Kier molecular flexibility index (Phi) is 4.40. The van der Waals surface area contributed by atoms with Crippen LogP contribution in [-0.2, 0) is 4.74 Å². The highest BCUT2D eigenvalue weighted by atomic mass is 16.6. The molecule has 0 aromatic heterocycles. The number of benzene rings is 2. The summed E-state index contributed by atoms with van der Waals surface area (Å²) in [5, 5.41) is 9.32. The van der Waals surface area contributed by atoms with Crippen LogP contribution in [0, 0.1) is 0 Å². The Morgan fingerprint density at radius 1 is 0.957 bits per heavy atom. The van der Waals surface area contributed by atoms with Crippen molar-refractivity contribution in [2.24, 2.45) is 0 Å². The number of esters is 1. The third-order valence-electron chi connectivity index (χ3n) is 3.17. The molecule has 3 N–H and O–H groups in total. The average Bonchev–Trinajstić information content (AvgIpc) is 2.45. The number of nitrogen functional groups attached to an aromatic ring is 1. The number of hydrogen-bond donors (Lipinski definition) is 2. The monoisotopic (exact) mass is 313 g/mol. The maximum absolute atomic E-state index is 12.3. The number of carbonyl (C=O) groups excluding carboxylic acids is 1. The molecule has 0 aliphatic heterocycles. The number of rotatable bonds is 3. The summed E-state index contributed by atoms with van der Waals surface area (Å²) in [7, 11) is 0. The molecule has 2 rings (SSSR count). The first-order chi connectivity index (χ1) is 10.7. The zero-order valence-corrected chi connectivity index (χ0v) is 13.3. The van der Waals surface area contributed by atoms with Crippen molar-refractivity contribution >= 4 is 17.6 Å². The van der Waals surface area contributed by atoms with Crippen molar-refractivity contribution in [2.75, 3.05) is 5.73 Å². The number of anilines is 1. The first-order valence-corrected chi connectivity index (χ1v) is 7.15. The molecule has 5 heteroatoms. The molecule has 2 aromatic carbocycles. The van der Waals surface area contributed by atoms with Crippen LogP contribution >= 0.6 is 0 Å². The van der Waals surface area contributed by atoms with E-state index in [0.717, 1.165) is 0 Å². The maximum atomic E-state index is 12.3. The zero-order chi connectivity index (χ0) is 17.2. The molecule has 120 valence electrons. The molecular weight excluding hydrogens is 294 g/mol. The van der Waals surface area contributed by atoms with E-state index in [9.17, 15) is 14.7 Å². The summed E-state index contributed by atoms with van der Waals surface area (Å²) in [6.07, 6.45) is 0. The summed E-state index contributed by atoms with van der Waals surface area (Å²) in [5.41, 5.74) is 6.97. The molecule has 0 amide bonds. The quantitative estimate of drug-likeness (QED) is 0.667. The Bertz CT molecular complexity index is 760. The fraction of sp³-hybridized carbons (Fsp3) is 0.222. The molecule has 0 aliphatic rings. The highest BCUT2D eigenvalue weighted by molar-refractivity contribution is 6.03. The molecule has 0 spiro atoms. The lowest BCUT2D eigenvalue weighted by atomic mass is 9.96. The lowest BCUT2D eigenvalue weighted by Gasteiger charge is -2.20. The third kappa shape index (κ3) is 3.69. The lowest BCUT2D eigenvalue weighted by molar-refractivity contribution is 0.00706. The van der Waals surface area contributed by atoms with Crippen molar-refractivity contribution in [3.05, 3.63) is 53.6 Å². The Balaban J connectivity index is 2.54. The van der Waals surface area contributed by atoms with E-state index >= 15 is 0 Å². The highest BCUT2D eigenvalue weighted by Gasteiger charge is 2.22. The van der Waals surface area contributed by atoms with Crippen LogP contribution in [0.1, 0.15) is 41.5 Å². The molecule has 0 fully saturated rings. The molecule has 0 heterocycles. The van der Waals surface area contributed by atoms with E-state index < -0.39 is 17.5 Å². The van der Waals surface area contributed by atoms with Crippen molar-refractivity contribution in [3.63, 3.8) is 0 Å². The van der Waals surface area contributed by atoms with Gasteiger partial charge in [-0.1, -0.05) is 30.3 Å². The number of nitrogens with two attached hydrogens (primary N) is 1. The highest BCUT2D eigenvalue weighted by Crippen LogP contribution is 2.32. The molecular formula is C18H19NO4. The van der Waals surface area contributed by atoms with Crippen LogP contribution in [0.3, 0.4) is 0 Å². The second kappa shape index (κ2) is 6.12. The van der Waals surface area contributed by atoms with Gasteiger partial charge in [0.15, 0.2) is 0 Å². The third-order valence-corrected chi connectivity index (χ3v) is 3.17. The molecule has 0 saturated carbocycles. The van der Waals surface area contributed by atoms with Gasteiger partial charge >= 0.3 is 11.9 Å². The molecule has 0 aliphatic carbocycles. The van der Waals surface area contributed by atoms with Crippen molar-refractivity contribution in [2.45, 2.75) is 26.4 Å². The van der Waals surface area contributed by atoms with Gasteiger partial charge in [0, 0.05) is 5.56 Å². The van der Waals surface area contributed by atoms with Crippen LogP contribution in [0.5, 0.6) is 0 Å². The van der Waals surface area contributed by atoms with Gasteiger partial charge in [0.25, 0.3) is 0 Å². The average molecular weight is 313 g/mol. The van der Waals surface area contributed by atoms with Crippen molar-refractivity contribution in [1.29, 1.82) is 0 Å². The second-order valence-corrected chi connectivity index (χ2v) is 6.12. The first kappa shape index (κ1) is 16.5. The van der Waals surface area contributed by atoms with Gasteiger partial charge in [-0.15, -0.1) is 0 Å². The minimum absolute atomic E-state index is 0.125. The molecule has 0 atom stereocenters. The molecule has 5 nitrogen and oxygen atoms in total.